The van der Waals surface area contributed by atoms with Crippen LogP contribution >= 0.6 is 11.6 Å². The van der Waals surface area contributed by atoms with Gasteiger partial charge in [-0.15, -0.1) is 0 Å². The lowest BCUT2D eigenvalue weighted by Gasteiger charge is -2.32. The Morgan fingerprint density at radius 1 is 1.24 bits per heavy atom. The van der Waals surface area contributed by atoms with E-state index in [1.807, 2.05) is 0 Å². The normalized spacial score (nSPS) is 17.5. The SMILES string of the molecule is COc1ccc([C@H](C)NC(=O)[C@H]2CCCN(C(=O)c3ccc(Cl)cc3)C2)cc1F. The van der Waals surface area contributed by atoms with Gasteiger partial charge in [0.05, 0.1) is 19.1 Å². The molecule has 154 valence electrons. The first-order valence-corrected chi connectivity index (χ1v) is 9.95. The van der Waals surface area contributed by atoms with E-state index in [1.54, 1.807) is 48.2 Å². The number of methoxy groups -OCH3 is 1. The highest BCUT2D eigenvalue weighted by molar-refractivity contribution is 6.30. The van der Waals surface area contributed by atoms with E-state index in [2.05, 4.69) is 5.32 Å². The van der Waals surface area contributed by atoms with Crippen molar-refractivity contribution >= 4 is 23.4 Å². The van der Waals surface area contributed by atoms with E-state index >= 15 is 0 Å². The molecule has 7 heteroatoms. The van der Waals surface area contributed by atoms with E-state index in [-0.39, 0.29) is 29.5 Å². The third-order valence-corrected chi connectivity index (χ3v) is 5.46. The molecule has 0 spiro atoms. The number of hydrogen-bond acceptors (Lipinski definition) is 3. The van der Waals surface area contributed by atoms with Crippen LogP contribution in [0.25, 0.3) is 0 Å². The Bertz CT molecular complexity index is 888. The predicted molar refractivity (Wildman–Crippen MR) is 110 cm³/mol. The molecule has 0 aliphatic carbocycles. The zero-order valence-electron chi connectivity index (χ0n) is 16.5. The van der Waals surface area contributed by atoms with Crippen molar-refractivity contribution in [3.8, 4) is 5.75 Å². The van der Waals surface area contributed by atoms with Gasteiger partial charge in [0.15, 0.2) is 11.6 Å². The molecular weight excluding hydrogens is 395 g/mol. The zero-order valence-corrected chi connectivity index (χ0v) is 17.2. The van der Waals surface area contributed by atoms with Crippen molar-refractivity contribution in [3.05, 3.63) is 64.4 Å². The van der Waals surface area contributed by atoms with Crippen LogP contribution < -0.4 is 10.1 Å². The smallest absolute Gasteiger partial charge is 0.253 e. The number of hydrogen-bond donors (Lipinski definition) is 1. The molecule has 5 nitrogen and oxygen atoms in total. The largest absolute Gasteiger partial charge is 0.494 e. The van der Waals surface area contributed by atoms with E-state index in [4.69, 9.17) is 16.3 Å². The van der Waals surface area contributed by atoms with Crippen LogP contribution in [0.1, 0.15) is 41.7 Å². The van der Waals surface area contributed by atoms with Crippen LogP contribution in [0.2, 0.25) is 5.02 Å². The van der Waals surface area contributed by atoms with Gasteiger partial charge in [0.1, 0.15) is 0 Å². The molecule has 29 heavy (non-hydrogen) atoms. The summed E-state index contributed by atoms with van der Waals surface area (Å²) in [5, 5.41) is 3.51. The highest BCUT2D eigenvalue weighted by Crippen LogP contribution is 2.24. The van der Waals surface area contributed by atoms with Gasteiger partial charge in [-0.3, -0.25) is 9.59 Å². The monoisotopic (exact) mass is 418 g/mol. The summed E-state index contributed by atoms with van der Waals surface area (Å²) in [5.74, 6) is -0.850. The van der Waals surface area contributed by atoms with E-state index in [9.17, 15) is 14.0 Å². The minimum Gasteiger partial charge on any atom is -0.494 e. The molecule has 1 N–H and O–H groups in total. The number of halogens is 2. The molecule has 2 aromatic carbocycles. The molecule has 3 rings (SSSR count). The molecule has 1 heterocycles. The summed E-state index contributed by atoms with van der Waals surface area (Å²) in [7, 11) is 1.41. The van der Waals surface area contributed by atoms with Crippen molar-refractivity contribution in [2.24, 2.45) is 5.92 Å². The van der Waals surface area contributed by atoms with Crippen LogP contribution in [0.3, 0.4) is 0 Å². The van der Waals surface area contributed by atoms with Gasteiger partial charge in [0.25, 0.3) is 5.91 Å². The number of benzene rings is 2. The summed E-state index contributed by atoms with van der Waals surface area (Å²) in [6, 6.07) is 11.0. The molecule has 2 amide bonds. The van der Waals surface area contributed by atoms with Crippen LogP contribution in [-0.4, -0.2) is 36.9 Å². The Morgan fingerprint density at radius 3 is 2.62 bits per heavy atom. The van der Waals surface area contributed by atoms with Gasteiger partial charge < -0.3 is 15.0 Å². The quantitative estimate of drug-likeness (QED) is 0.791. The average molecular weight is 419 g/mol. The van der Waals surface area contributed by atoms with Crippen molar-refractivity contribution in [3.63, 3.8) is 0 Å². The minimum absolute atomic E-state index is 0.107. The number of carbonyl (C=O) groups excluding carboxylic acids is 2. The number of nitrogens with one attached hydrogen (secondary N) is 1. The summed E-state index contributed by atoms with van der Waals surface area (Å²) in [4.78, 5) is 27.2. The lowest BCUT2D eigenvalue weighted by atomic mass is 9.95. The molecule has 1 fully saturated rings. The summed E-state index contributed by atoms with van der Waals surface area (Å²) >= 11 is 5.88. The van der Waals surface area contributed by atoms with E-state index in [1.165, 1.54) is 13.2 Å². The van der Waals surface area contributed by atoms with Crippen LogP contribution in [0.4, 0.5) is 4.39 Å². The Balaban J connectivity index is 1.62. The first kappa shape index (κ1) is 21.1. The average Bonchev–Trinajstić information content (AvgIpc) is 2.73. The maximum Gasteiger partial charge on any atom is 0.253 e. The van der Waals surface area contributed by atoms with Crippen molar-refractivity contribution in [2.75, 3.05) is 20.2 Å². The topological polar surface area (TPSA) is 58.6 Å². The number of carbonyl (C=O) groups is 2. The Hall–Kier alpha value is -2.60. The van der Waals surface area contributed by atoms with Gasteiger partial charge in [-0.05, 0) is 61.7 Å². The van der Waals surface area contributed by atoms with E-state index in [0.29, 0.717) is 35.7 Å². The molecule has 2 atom stereocenters. The van der Waals surface area contributed by atoms with Crippen molar-refractivity contribution in [1.29, 1.82) is 0 Å². The zero-order chi connectivity index (χ0) is 21.0. The molecule has 0 radical (unpaired) electrons. The standard InChI is InChI=1S/C22H24ClFN2O3/c1-14(16-7-10-20(29-2)19(24)12-16)25-21(27)17-4-3-11-26(13-17)22(28)15-5-8-18(23)9-6-15/h5-10,12,14,17H,3-4,11,13H2,1-2H3,(H,25,27)/t14-,17-/m0/s1. The molecule has 0 unspecified atom stereocenters. The first-order valence-electron chi connectivity index (χ1n) is 9.57. The lowest BCUT2D eigenvalue weighted by molar-refractivity contribution is -0.127. The fourth-order valence-electron chi connectivity index (χ4n) is 3.52. The Labute approximate surface area is 174 Å². The second-order valence-electron chi connectivity index (χ2n) is 7.22. The molecule has 2 aromatic rings. The molecule has 0 bridgehead atoms. The second-order valence-corrected chi connectivity index (χ2v) is 7.66. The molecule has 0 saturated carbocycles. The number of amides is 2. The maximum absolute atomic E-state index is 13.9. The third kappa shape index (κ3) is 5.07. The number of ether oxygens (including phenoxy) is 1. The van der Waals surface area contributed by atoms with Crippen LogP contribution in [-0.2, 0) is 4.79 Å². The first-order chi connectivity index (χ1) is 13.9. The van der Waals surface area contributed by atoms with Gasteiger partial charge in [0.2, 0.25) is 5.91 Å². The summed E-state index contributed by atoms with van der Waals surface area (Å²) < 4.78 is 18.9. The fraction of sp³-hybridized carbons (Fsp3) is 0.364. The van der Waals surface area contributed by atoms with Crippen LogP contribution in [0.15, 0.2) is 42.5 Å². The highest BCUT2D eigenvalue weighted by Gasteiger charge is 2.29. The molecule has 1 aliphatic rings. The van der Waals surface area contributed by atoms with Crippen molar-refractivity contribution in [2.45, 2.75) is 25.8 Å². The number of likely N-dealkylation sites (tertiary alicyclic amines) is 1. The fourth-order valence-corrected chi connectivity index (χ4v) is 3.64. The summed E-state index contributed by atoms with van der Waals surface area (Å²) in [6.07, 6.45) is 1.46. The van der Waals surface area contributed by atoms with Gasteiger partial charge in [-0.25, -0.2) is 4.39 Å². The minimum atomic E-state index is -0.469. The van der Waals surface area contributed by atoms with Gasteiger partial charge >= 0.3 is 0 Å². The molecule has 0 aromatic heterocycles. The summed E-state index contributed by atoms with van der Waals surface area (Å²) in [6.45, 7) is 2.78. The third-order valence-electron chi connectivity index (χ3n) is 5.21. The highest BCUT2D eigenvalue weighted by atomic mass is 35.5. The molecule has 1 aliphatic heterocycles. The van der Waals surface area contributed by atoms with Crippen molar-refractivity contribution in [1.82, 2.24) is 10.2 Å². The Kier molecular flexibility index (Phi) is 6.75. The predicted octanol–water partition coefficient (Wildman–Crippen LogP) is 4.22. The second kappa shape index (κ2) is 9.27. The van der Waals surface area contributed by atoms with Gasteiger partial charge in [-0.2, -0.15) is 0 Å². The number of rotatable bonds is 5. The van der Waals surface area contributed by atoms with Crippen molar-refractivity contribution < 1.29 is 18.7 Å². The number of nitrogens with zero attached hydrogens (tertiary/aromatic N) is 1. The molecular formula is C22H24ClFN2O3. The van der Waals surface area contributed by atoms with E-state index in [0.717, 1.165) is 6.42 Å². The molecule has 1 saturated heterocycles. The number of piperidine rings is 1. The van der Waals surface area contributed by atoms with E-state index < -0.39 is 5.82 Å². The van der Waals surface area contributed by atoms with Crippen LogP contribution in [0, 0.1) is 11.7 Å². The lowest BCUT2D eigenvalue weighted by Crippen LogP contribution is -2.45. The maximum atomic E-state index is 13.9. The summed E-state index contributed by atoms with van der Waals surface area (Å²) in [5.41, 5.74) is 1.21. The Morgan fingerprint density at radius 2 is 1.97 bits per heavy atom. The van der Waals surface area contributed by atoms with Gasteiger partial charge in [-0.1, -0.05) is 17.7 Å². The van der Waals surface area contributed by atoms with Gasteiger partial charge in [0, 0.05) is 23.7 Å². The van der Waals surface area contributed by atoms with Crippen LogP contribution in [0.5, 0.6) is 5.75 Å².